The van der Waals surface area contributed by atoms with Gasteiger partial charge < -0.3 is 19.7 Å². The highest BCUT2D eigenvalue weighted by atomic mass is 35.5. The molecule has 0 bridgehead atoms. The van der Waals surface area contributed by atoms with Crippen LogP contribution in [0.4, 0.5) is 0 Å². The highest BCUT2D eigenvalue weighted by Gasteiger charge is 2.30. The van der Waals surface area contributed by atoms with E-state index in [1.54, 1.807) is 36.3 Å². The quantitative estimate of drug-likeness (QED) is 0.368. The van der Waals surface area contributed by atoms with Crippen molar-refractivity contribution in [2.45, 2.75) is 32.9 Å². The molecule has 3 rings (SSSR count). The normalized spacial score (nSPS) is 11.6. The van der Waals surface area contributed by atoms with Gasteiger partial charge in [-0.25, -0.2) is 0 Å². The maximum atomic E-state index is 13.6. The predicted molar refractivity (Wildman–Crippen MR) is 142 cm³/mol. The summed E-state index contributed by atoms with van der Waals surface area (Å²) in [5, 5.41) is 3.53. The summed E-state index contributed by atoms with van der Waals surface area (Å²) < 4.78 is 11.1. The molecule has 7 heteroatoms. The Bertz CT molecular complexity index is 1140. The number of hydrogen-bond acceptors (Lipinski definition) is 4. The van der Waals surface area contributed by atoms with Gasteiger partial charge in [0, 0.05) is 24.5 Å². The maximum absolute atomic E-state index is 13.6. The zero-order valence-corrected chi connectivity index (χ0v) is 21.7. The molecular formula is C29H33ClN2O4. The van der Waals surface area contributed by atoms with Crippen molar-refractivity contribution in [2.75, 3.05) is 20.3 Å². The van der Waals surface area contributed by atoms with E-state index in [2.05, 4.69) is 5.32 Å². The first-order valence-corrected chi connectivity index (χ1v) is 12.4. The van der Waals surface area contributed by atoms with Crippen LogP contribution in [-0.2, 0) is 22.6 Å². The predicted octanol–water partition coefficient (Wildman–Crippen LogP) is 5.14. The summed E-state index contributed by atoms with van der Waals surface area (Å²) in [5.41, 5.74) is 1.81. The van der Waals surface area contributed by atoms with E-state index in [-0.39, 0.29) is 30.9 Å². The van der Waals surface area contributed by atoms with Gasteiger partial charge in [-0.3, -0.25) is 9.59 Å². The molecule has 3 aromatic rings. The fourth-order valence-corrected chi connectivity index (χ4v) is 3.91. The number of rotatable bonds is 12. The van der Waals surface area contributed by atoms with E-state index in [0.717, 1.165) is 11.1 Å². The van der Waals surface area contributed by atoms with E-state index in [1.165, 1.54) is 0 Å². The van der Waals surface area contributed by atoms with Gasteiger partial charge in [-0.1, -0.05) is 74.0 Å². The van der Waals surface area contributed by atoms with E-state index in [4.69, 9.17) is 21.1 Å². The molecule has 0 aliphatic rings. The largest absolute Gasteiger partial charge is 0.497 e. The van der Waals surface area contributed by atoms with Crippen LogP contribution in [0.15, 0.2) is 78.9 Å². The average molecular weight is 509 g/mol. The molecule has 0 heterocycles. The maximum Gasteiger partial charge on any atom is 0.261 e. The first kappa shape index (κ1) is 27.1. The molecule has 0 aliphatic carbocycles. The van der Waals surface area contributed by atoms with Crippen LogP contribution in [0.2, 0.25) is 5.02 Å². The van der Waals surface area contributed by atoms with Crippen molar-refractivity contribution >= 4 is 23.4 Å². The number of nitrogens with zero attached hydrogens (tertiary/aromatic N) is 1. The Balaban J connectivity index is 1.91. The molecular weight excluding hydrogens is 476 g/mol. The summed E-state index contributed by atoms with van der Waals surface area (Å²) in [6.45, 7) is 4.58. The van der Waals surface area contributed by atoms with Crippen molar-refractivity contribution in [1.82, 2.24) is 10.2 Å². The lowest BCUT2D eigenvalue weighted by Crippen LogP contribution is -2.52. The van der Waals surface area contributed by atoms with Gasteiger partial charge in [-0.2, -0.15) is 0 Å². The number of hydrogen-bond donors (Lipinski definition) is 1. The molecule has 0 fully saturated rings. The molecule has 6 nitrogen and oxygen atoms in total. The van der Waals surface area contributed by atoms with Gasteiger partial charge in [0.25, 0.3) is 5.91 Å². The lowest BCUT2D eigenvalue weighted by Gasteiger charge is -2.31. The third kappa shape index (κ3) is 8.31. The van der Waals surface area contributed by atoms with Gasteiger partial charge in [0.15, 0.2) is 6.61 Å². The minimum atomic E-state index is -0.729. The summed E-state index contributed by atoms with van der Waals surface area (Å²) >= 11 is 6.06. The van der Waals surface area contributed by atoms with Crippen molar-refractivity contribution in [2.24, 2.45) is 5.92 Å². The molecule has 0 spiro atoms. The number of ether oxygens (including phenoxy) is 2. The molecule has 0 saturated carbocycles. The molecule has 0 aliphatic heterocycles. The SMILES string of the molecule is COc1cccc(CN(C(=O)COc2cccc(Cl)c2)[C@@H](Cc2ccccc2)C(=O)NCC(C)C)c1. The molecule has 3 aromatic carbocycles. The molecule has 2 amide bonds. The van der Waals surface area contributed by atoms with Crippen LogP contribution in [0, 0.1) is 5.92 Å². The van der Waals surface area contributed by atoms with Crippen molar-refractivity contribution in [3.05, 3.63) is 95.0 Å². The number of benzene rings is 3. The van der Waals surface area contributed by atoms with E-state index < -0.39 is 6.04 Å². The number of nitrogens with one attached hydrogen (secondary N) is 1. The Morgan fingerprint density at radius 1 is 0.917 bits per heavy atom. The molecule has 0 radical (unpaired) electrons. The summed E-state index contributed by atoms with van der Waals surface area (Å²) in [5.74, 6) is 0.935. The number of methoxy groups -OCH3 is 1. The van der Waals surface area contributed by atoms with E-state index >= 15 is 0 Å². The van der Waals surface area contributed by atoms with Crippen molar-refractivity contribution in [1.29, 1.82) is 0 Å². The average Bonchev–Trinajstić information content (AvgIpc) is 2.88. The van der Waals surface area contributed by atoms with Crippen LogP contribution in [-0.4, -0.2) is 43.0 Å². The number of amides is 2. The van der Waals surface area contributed by atoms with E-state index in [9.17, 15) is 9.59 Å². The molecule has 0 saturated heterocycles. The van der Waals surface area contributed by atoms with Crippen molar-refractivity contribution in [3.63, 3.8) is 0 Å². The van der Waals surface area contributed by atoms with Crippen LogP contribution in [0.25, 0.3) is 0 Å². The monoisotopic (exact) mass is 508 g/mol. The summed E-state index contributed by atoms with van der Waals surface area (Å²) in [6.07, 6.45) is 0.373. The highest BCUT2D eigenvalue weighted by molar-refractivity contribution is 6.30. The Hall–Kier alpha value is -3.51. The van der Waals surface area contributed by atoms with E-state index in [0.29, 0.717) is 29.5 Å². The number of carbonyl (C=O) groups is 2. The zero-order chi connectivity index (χ0) is 25.9. The topological polar surface area (TPSA) is 67.9 Å². The zero-order valence-electron chi connectivity index (χ0n) is 20.9. The van der Waals surface area contributed by atoms with Crippen LogP contribution in [0.1, 0.15) is 25.0 Å². The van der Waals surface area contributed by atoms with Crippen LogP contribution >= 0.6 is 11.6 Å². The summed E-state index contributed by atoms with van der Waals surface area (Å²) in [4.78, 5) is 28.6. The molecule has 0 aromatic heterocycles. The molecule has 190 valence electrons. The van der Waals surface area contributed by atoms with Crippen molar-refractivity contribution < 1.29 is 19.1 Å². The van der Waals surface area contributed by atoms with E-state index in [1.807, 2.05) is 68.4 Å². The Morgan fingerprint density at radius 3 is 2.31 bits per heavy atom. The minimum absolute atomic E-state index is 0.202. The first-order chi connectivity index (χ1) is 17.4. The fourth-order valence-electron chi connectivity index (χ4n) is 3.73. The first-order valence-electron chi connectivity index (χ1n) is 12.0. The highest BCUT2D eigenvalue weighted by Crippen LogP contribution is 2.20. The molecule has 0 unspecified atom stereocenters. The Kier molecular flexibility index (Phi) is 10.2. The lowest BCUT2D eigenvalue weighted by atomic mass is 10.0. The summed E-state index contributed by atoms with van der Waals surface area (Å²) in [7, 11) is 1.60. The lowest BCUT2D eigenvalue weighted by molar-refractivity contribution is -0.142. The van der Waals surface area contributed by atoms with Gasteiger partial charge in [0.05, 0.1) is 7.11 Å². The van der Waals surface area contributed by atoms with Crippen LogP contribution in [0.3, 0.4) is 0 Å². The second-order valence-electron chi connectivity index (χ2n) is 8.96. The van der Waals surface area contributed by atoms with Gasteiger partial charge in [-0.05, 0) is 47.4 Å². The second-order valence-corrected chi connectivity index (χ2v) is 9.40. The Morgan fingerprint density at radius 2 is 1.61 bits per heavy atom. The number of halogens is 1. The van der Waals surface area contributed by atoms with Gasteiger partial charge in [0.2, 0.25) is 5.91 Å². The van der Waals surface area contributed by atoms with Crippen LogP contribution in [0.5, 0.6) is 11.5 Å². The second kappa shape index (κ2) is 13.5. The molecule has 36 heavy (non-hydrogen) atoms. The standard InChI is InChI=1S/C29H33ClN2O4/c1-21(2)18-31-29(34)27(16-22-9-5-4-6-10-22)32(19-23-11-7-13-25(15-23)35-3)28(33)20-36-26-14-8-12-24(30)17-26/h4-15,17,21,27H,16,18-20H2,1-3H3,(H,31,34)/t27-/m0/s1. The summed E-state index contributed by atoms with van der Waals surface area (Å²) in [6, 6.07) is 23.3. The number of carbonyl (C=O) groups excluding carboxylic acids is 2. The smallest absolute Gasteiger partial charge is 0.261 e. The van der Waals surface area contributed by atoms with Crippen LogP contribution < -0.4 is 14.8 Å². The van der Waals surface area contributed by atoms with Gasteiger partial charge >= 0.3 is 0 Å². The van der Waals surface area contributed by atoms with Gasteiger partial charge in [-0.15, -0.1) is 0 Å². The molecule has 1 N–H and O–H groups in total. The minimum Gasteiger partial charge on any atom is -0.497 e. The third-order valence-corrected chi connectivity index (χ3v) is 5.84. The molecule has 1 atom stereocenters. The Labute approximate surface area is 218 Å². The van der Waals surface area contributed by atoms with Crippen molar-refractivity contribution in [3.8, 4) is 11.5 Å². The third-order valence-electron chi connectivity index (χ3n) is 5.60. The fraction of sp³-hybridized carbons (Fsp3) is 0.310. The van der Waals surface area contributed by atoms with Gasteiger partial charge in [0.1, 0.15) is 17.5 Å².